The minimum atomic E-state index is -0.122. The second-order valence-electron chi connectivity index (χ2n) is 6.27. The van der Waals surface area contributed by atoms with Gasteiger partial charge in [-0.25, -0.2) is 0 Å². The molecule has 3 rings (SSSR count). The lowest BCUT2D eigenvalue weighted by Crippen LogP contribution is -2.17. The first kappa shape index (κ1) is 13.3. The molecule has 1 fully saturated rings. The summed E-state index contributed by atoms with van der Waals surface area (Å²) < 4.78 is 13.1. The Morgan fingerprint density at radius 3 is 2.90 bits per heavy atom. The molecule has 2 aromatic rings. The van der Waals surface area contributed by atoms with Crippen molar-refractivity contribution in [2.75, 3.05) is 6.61 Å². The molecule has 0 aromatic carbocycles. The van der Waals surface area contributed by atoms with Gasteiger partial charge in [0.05, 0.1) is 0 Å². The third kappa shape index (κ3) is 2.60. The molecule has 20 heavy (non-hydrogen) atoms. The maximum absolute atomic E-state index is 5.79. The fourth-order valence-electron chi connectivity index (χ4n) is 2.40. The van der Waals surface area contributed by atoms with Gasteiger partial charge in [-0.05, 0) is 12.5 Å². The van der Waals surface area contributed by atoms with Crippen LogP contribution in [0.3, 0.4) is 0 Å². The minimum Gasteiger partial charge on any atom is -0.368 e. The van der Waals surface area contributed by atoms with Crippen LogP contribution >= 0.6 is 0 Å². The summed E-state index contributed by atoms with van der Waals surface area (Å²) in [6.45, 7) is 7.74. The van der Waals surface area contributed by atoms with E-state index in [-0.39, 0.29) is 11.5 Å². The summed E-state index contributed by atoms with van der Waals surface area (Å²) in [6.07, 6.45) is 4.61. The quantitative estimate of drug-likeness (QED) is 0.860. The van der Waals surface area contributed by atoms with Gasteiger partial charge in [0.1, 0.15) is 6.10 Å². The summed E-state index contributed by atoms with van der Waals surface area (Å²) in [5.41, 5.74) is -0.113. The van der Waals surface area contributed by atoms with E-state index in [1.165, 1.54) is 0 Å². The van der Waals surface area contributed by atoms with Crippen LogP contribution in [0.5, 0.6) is 0 Å². The second-order valence-corrected chi connectivity index (χ2v) is 6.27. The van der Waals surface area contributed by atoms with Crippen molar-refractivity contribution < 1.29 is 9.26 Å². The van der Waals surface area contributed by atoms with Gasteiger partial charge < -0.3 is 9.26 Å². The van der Waals surface area contributed by atoms with E-state index < -0.39 is 0 Å². The fraction of sp³-hybridized carbons (Fsp3) is 0.643. The number of ether oxygens (including phenoxy) is 1. The standard InChI is InChI=1S/C14H20N4O2/c1-14(2,3)13-16-12(20-17-13)11-10(5-8-19-11)9-18-7-4-6-15-18/h4,6-7,10-11H,5,8-9H2,1-3H3/t10-,11-/m0/s1. The third-order valence-corrected chi connectivity index (χ3v) is 3.55. The summed E-state index contributed by atoms with van der Waals surface area (Å²) in [5, 5.41) is 8.32. The summed E-state index contributed by atoms with van der Waals surface area (Å²) >= 11 is 0. The first-order valence-electron chi connectivity index (χ1n) is 6.97. The molecule has 0 radical (unpaired) electrons. The average molecular weight is 276 g/mol. The molecule has 1 aliphatic heterocycles. The van der Waals surface area contributed by atoms with Crippen molar-refractivity contribution in [1.82, 2.24) is 19.9 Å². The zero-order valence-electron chi connectivity index (χ0n) is 12.1. The highest BCUT2D eigenvalue weighted by atomic mass is 16.5. The van der Waals surface area contributed by atoms with E-state index in [1.54, 1.807) is 6.20 Å². The van der Waals surface area contributed by atoms with Crippen molar-refractivity contribution in [3.63, 3.8) is 0 Å². The van der Waals surface area contributed by atoms with E-state index in [4.69, 9.17) is 9.26 Å². The molecule has 6 heteroatoms. The molecule has 1 saturated heterocycles. The maximum atomic E-state index is 5.79. The summed E-state index contributed by atoms with van der Waals surface area (Å²) in [7, 11) is 0. The molecule has 3 heterocycles. The van der Waals surface area contributed by atoms with E-state index in [9.17, 15) is 0 Å². The Kier molecular flexibility index (Phi) is 3.33. The van der Waals surface area contributed by atoms with Gasteiger partial charge in [-0.3, -0.25) is 4.68 Å². The van der Waals surface area contributed by atoms with Crippen LogP contribution in [0.2, 0.25) is 0 Å². The Hall–Kier alpha value is -1.69. The number of hydrogen-bond donors (Lipinski definition) is 0. The smallest absolute Gasteiger partial charge is 0.256 e. The largest absolute Gasteiger partial charge is 0.368 e. The van der Waals surface area contributed by atoms with Crippen molar-refractivity contribution in [3.8, 4) is 0 Å². The zero-order chi connectivity index (χ0) is 14.2. The molecule has 2 atom stereocenters. The van der Waals surface area contributed by atoms with E-state index in [0.717, 1.165) is 25.4 Å². The van der Waals surface area contributed by atoms with Gasteiger partial charge in [0.25, 0.3) is 5.89 Å². The van der Waals surface area contributed by atoms with Crippen molar-refractivity contribution in [2.24, 2.45) is 5.92 Å². The van der Waals surface area contributed by atoms with Crippen molar-refractivity contribution in [1.29, 1.82) is 0 Å². The summed E-state index contributed by atoms with van der Waals surface area (Å²) in [4.78, 5) is 4.51. The van der Waals surface area contributed by atoms with Crippen LogP contribution in [-0.2, 0) is 16.7 Å². The van der Waals surface area contributed by atoms with Gasteiger partial charge in [0, 0.05) is 36.9 Å². The Labute approximate surface area is 118 Å². The highest BCUT2D eigenvalue weighted by molar-refractivity contribution is 5.03. The third-order valence-electron chi connectivity index (χ3n) is 3.55. The predicted molar refractivity (Wildman–Crippen MR) is 72.0 cm³/mol. The van der Waals surface area contributed by atoms with Crippen LogP contribution in [0.1, 0.15) is 45.0 Å². The number of hydrogen-bond acceptors (Lipinski definition) is 5. The average Bonchev–Trinajstić information content (AvgIpc) is 3.07. The molecular weight excluding hydrogens is 256 g/mol. The second kappa shape index (κ2) is 5.01. The molecule has 1 aliphatic rings. The highest BCUT2D eigenvalue weighted by Crippen LogP contribution is 2.35. The van der Waals surface area contributed by atoms with Crippen molar-refractivity contribution >= 4 is 0 Å². The van der Waals surface area contributed by atoms with Gasteiger partial charge in [-0.15, -0.1) is 0 Å². The molecular formula is C14H20N4O2. The SMILES string of the molecule is CC(C)(C)c1noc([C@H]2OCC[C@H]2Cn2cccn2)n1. The van der Waals surface area contributed by atoms with Gasteiger partial charge in [-0.1, -0.05) is 25.9 Å². The van der Waals surface area contributed by atoms with Gasteiger partial charge in [-0.2, -0.15) is 10.1 Å². The van der Waals surface area contributed by atoms with Crippen LogP contribution in [0.4, 0.5) is 0 Å². The first-order chi connectivity index (χ1) is 9.54. The topological polar surface area (TPSA) is 66.0 Å². The van der Waals surface area contributed by atoms with Gasteiger partial charge >= 0.3 is 0 Å². The fourth-order valence-corrected chi connectivity index (χ4v) is 2.40. The lowest BCUT2D eigenvalue weighted by Gasteiger charge is -2.15. The molecule has 0 unspecified atom stereocenters. The molecule has 6 nitrogen and oxygen atoms in total. The zero-order valence-corrected chi connectivity index (χ0v) is 12.1. The molecule has 108 valence electrons. The Morgan fingerprint density at radius 2 is 2.25 bits per heavy atom. The minimum absolute atomic E-state index is 0.113. The van der Waals surface area contributed by atoms with Gasteiger partial charge in [0.15, 0.2) is 5.82 Å². The monoisotopic (exact) mass is 276 g/mol. The molecule has 0 amide bonds. The van der Waals surface area contributed by atoms with E-state index in [0.29, 0.717) is 11.8 Å². The van der Waals surface area contributed by atoms with Crippen molar-refractivity contribution in [3.05, 3.63) is 30.2 Å². The Bertz CT molecular complexity index is 556. The lowest BCUT2D eigenvalue weighted by atomic mass is 9.96. The van der Waals surface area contributed by atoms with E-state index in [2.05, 4.69) is 36.0 Å². The normalized spacial score (nSPS) is 23.4. The van der Waals surface area contributed by atoms with Crippen LogP contribution in [0, 0.1) is 5.92 Å². The van der Waals surface area contributed by atoms with Crippen LogP contribution in [-0.4, -0.2) is 26.5 Å². The Morgan fingerprint density at radius 1 is 1.40 bits per heavy atom. The summed E-state index contributed by atoms with van der Waals surface area (Å²) in [5.74, 6) is 1.63. The number of rotatable bonds is 3. The highest BCUT2D eigenvalue weighted by Gasteiger charge is 2.35. The van der Waals surface area contributed by atoms with E-state index >= 15 is 0 Å². The first-order valence-corrected chi connectivity index (χ1v) is 6.97. The molecule has 0 spiro atoms. The van der Waals surface area contributed by atoms with Crippen LogP contribution in [0.15, 0.2) is 23.0 Å². The molecule has 2 aromatic heterocycles. The molecule has 0 aliphatic carbocycles. The predicted octanol–water partition coefficient (Wildman–Crippen LogP) is 2.34. The Balaban J connectivity index is 1.76. The number of aromatic nitrogens is 4. The van der Waals surface area contributed by atoms with Crippen molar-refractivity contribution in [2.45, 2.75) is 45.3 Å². The summed E-state index contributed by atoms with van der Waals surface area (Å²) in [6, 6.07) is 1.93. The van der Waals surface area contributed by atoms with Crippen LogP contribution < -0.4 is 0 Å². The maximum Gasteiger partial charge on any atom is 0.256 e. The molecule has 0 saturated carbocycles. The lowest BCUT2D eigenvalue weighted by molar-refractivity contribution is 0.0578. The van der Waals surface area contributed by atoms with Crippen LogP contribution in [0.25, 0.3) is 0 Å². The van der Waals surface area contributed by atoms with Gasteiger partial charge in [0.2, 0.25) is 0 Å². The number of nitrogens with zero attached hydrogens (tertiary/aromatic N) is 4. The molecule has 0 bridgehead atoms. The molecule has 0 N–H and O–H groups in total. The van der Waals surface area contributed by atoms with E-state index in [1.807, 2.05) is 16.9 Å².